The van der Waals surface area contributed by atoms with Crippen molar-refractivity contribution < 1.29 is 37.3 Å². The maximum Gasteiger partial charge on any atom is 0.472 e. The first-order valence-corrected chi connectivity index (χ1v) is 24.9. The van der Waals surface area contributed by atoms with Crippen LogP contribution in [0.2, 0.25) is 0 Å². The molecular formula is C46H93NO7P+. The van der Waals surface area contributed by atoms with E-state index in [0.29, 0.717) is 24.1 Å². The minimum absolute atomic E-state index is 0.0903. The average Bonchev–Trinajstić information content (AvgIpc) is 3.13. The molecular weight excluding hydrogens is 709 g/mol. The van der Waals surface area contributed by atoms with E-state index in [4.69, 9.17) is 18.5 Å². The molecule has 0 amide bonds. The molecule has 0 saturated heterocycles. The number of esters is 1. The Morgan fingerprint density at radius 2 is 0.945 bits per heavy atom. The minimum atomic E-state index is -4.27. The molecule has 0 aromatic rings. The third-order valence-corrected chi connectivity index (χ3v) is 11.3. The molecule has 0 aliphatic heterocycles. The standard InChI is InChI=1S/C46H92NO7P/c1-6-8-10-12-14-16-18-20-22-23-24-26-28-30-32-34-36-38-41-51-43-45(44-53-55(49,50)52-42-40-47(3,4)5)54-46(48)39-37-35-33-31-29-27-25-21-19-17-15-13-11-9-7-2/h21,25,45H,6-20,22-24,26-44H2,1-5H3/p+1/b25-21-. The van der Waals surface area contributed by atoms with Crippen LogP contribution < -0.4 is 0 Å². The van der Waals surface area contributed by atoms with E-state index >= 15 is 0 Å². The summed E-state index contributed by atoms with van der Waals surface area (Å²) in [5.41, 5.74) is 0. The van der Waals surface area contributed by atoms with Gasteiger partial charge in [-0.2, -0.15) is 0 Å². The van der Waals surface area contributed by atoms with Gasteiger partial charge in [-0.1, -0.05) is 187 Å². The summed E-state index contributed by atoms with van der Waals surface area (Å²) in [6, 6.07) is 0. The van der Waals surface area contributed by atoms with Crippen LogP contribution in [-0.4, -0.2) is 75.6 Å². The molecule has 328 valence electrons. The largest absolute Gasteiger partial charge is 0.472 e. The Morgan fingerprint density at radius 3 is 1.38 bits per heavy atom. The van der Waals surface area contributed by atoms with Gasteiger partial charge in [0, 0.05) is 13.0 Å². The highest BCUT2D eigenvalue weighted by Gasteiger charge is 2.26. The third kappa shape index (κ3) is 44.2. The Bertz CT molecular complexity index is 894. The fraction of sp³-hybridized carbons (Fsp3) is 0.935. The zero-order valence-corrected chi connectivity index (χ0v) is 38.1. The number of phosphoric ester groups is 1. The van der Waals surface area contributed by atoms with Crippen LogP contribution in [0.3, 0.4) is 0 Å². The van der Waals surface area contributed by atoms with Crippen molar-refractivity contribution in [3.8, 4) is 0 Å². The Kier molecular flexibility index (Phi) is 39.5. The molecule has 0 saturated carbocycles. The molecule has 0 rings (SSSR count). The predicted molar refractivity (Wildman–Crippen MR) is 234 cm³/mol. The normalized spacial score (nSPS) is 13.8. The lowest BCUT2D eigenvalue weighted by atomic mass is 10.0. The van der Waals surface area contributed by atoms with Gasteiger partial charge in [0.25, 0.3) is 0 Å². The van der Waals surface area contributed by atoms with Crippen LogP contribution in [0.25, 0.3) is 0 Å². The second-order valence-corrected chi connectivity index (χ2v) is 18.6. The number of allylic oxidation sites excluding steroid dienone is 2. The zero-order chi connectivity index (χ0) is 40.6. The summed E-state index contributed by atoms with van der Waals surface area (Å²) in [5.74, 6) is -0.318. The van der Waals surface area contributed by atoms with E-state index < -0.39 is 13.9 Å². The smallest absolute Gasteiger partial charge is 0.457 e. The van der Waals surface area contributed by atoms with Crippen LogP contribution in [0.5, 0.6) is 0 Å². The Hall–Kier alpha value is -0.760. The molecule has 0 fully saturated rings. The van der Waals surface area contributed by atoms with Crippen molar-refractivity contribution >= 4 is 13.8 Å². The number of unbranched alkanes of at least 4 members (excludes halogenated alkanes) is 28. The Balaban J connectivity index is 4.17. The summed E-state index contributed by atoms with van der Waals surface area (Å²) < 4.78 is 35.1. The SMILES string of the molecule is CCCCCCCC/C=C\CCCCCCCC(=O)OC(COCCCCCCCCCCCCCCCCCCCC)COP(=O)(O)OCC[N+](C)(C)C. The summed E-state index contributed by atoms with van der Waals surface area (Å²) in [7, 11) is 1.67. The average molecular weight is 803 g/mol. The number of hydrogen-bond donors (Lipinski definition) is 1. The van der Waals surface area contributed by atoms with Crippen molar-refractivity contribution in [3.63, 3.8) is 0 Å². The van der Waals surface area contributed by atoms with Crippen molar-refractivity contribution in [2.75, 3.05) is 54.1 Å². The van der Waals surface area contributed by atoms with Gasteiger partial charge in [0.15, 0.2) is 0 Å². The molecule has 2 atom stereocenters. The van der Waals surface area contributed by atoms with Crippen LogP contribution >= 0.6 is 7.82 Å². The van der Waals surface area contributed by atoms with Crippen molar-refractivity contribution in [1.82, 2.24) is 0 Å². The summed E-state index contributed by atoms with van der Waals surface area (Å²) in [6.45, 7) is 5.65. The summed E-state index contributed by atoms with van der Waals surface area (Å²) in [5, 5.41) is 0. The van der Waals surface area contributed by atoms with Crippen molar-refractivity contribution in [2.45, 2.75) is 225 Å². The Morgan fingerprint density at radius 1 is 0.545 bits per heavy atom. The second-order valence-electron chi connectivity index (χ2n) is 17.1. The van der Waals surface area contributed by atoms with Crippen LogP contribution in [0.15, 0.2) is 12.2 Å². The molecule has 0 aliphatic carbocycles. The zero-order valence-electron chi connectivity index (χ0n) is 37.2. The van der Waals surface area contributed by atoms with Crippen molar-refractivity contribution in [1.29, 1.82) is 0 Å². The van der Waals surface area contributed by atoms with Gasteiger partial charge in [-0.05, 0) is 38.5 Å². The van der Waals surface area contributed by atoms with Crippen LogP contribution in [-0.2, 0) is 27.9 Å². The van der Waals surface area contributed by atoms with E-state index in [1.165, 1.54) is 161 Å². The number of nitrogens with zero attached hydrogens (tertiary/aromatic N) is 1. The van der Waals surface area contributed by atoms with E-state index in [-0.39, 0.29) is 25.8 Å². The van der Waals surface area contributed by atoms with Crippen LogP contribution in [0.1, 0.15) is 219 Å². The fourth-order valence-electron chi connectivity index (χ4n) is 6.67. The predicted octanol–water partition coefficient (Wildman–Crippen LogP) is 13.8. The second kappa shape index (κ2) is 40.0. The monoisotopic (exact) mass is 803 g/mol. The van der Waals surface area contributed by atoms with Gasteiger partial charge in [0.05, 0.1) is 34.4 Å². The van der Waals surface area contributed by atoms with E-state index in [0.717, 1.165) is 38.5 Å². The van der Waals surface area contributed by atoms with Gasteiger partial charge in [-0.25, -0.2) is 4.57 Å². The molecule has 0 aliphatic rings. The topological polar surface area (TPSA) is 91.3 Å². The van der Waals surface area contributed by atoms with E-state index in [2.05, 4.69) is 26.0 Å². The highest BCUT2D eigenvalue weighted by Crippen LogP contribution is 2.43. The van der Waals surface area contributed by atoms with Gasteiger partial charge in [0.2, 0.25) is 0 Å². The van der Waals surface area contributed by atoms with Crippen LogP contribution in [0.4, 0.5) is 0 Å². The quantitative estimate of drug-likeness (QED) is 0.0216. The number of quaternary nitrogens is 1. The molecule has 0 bridgehead atoms. The van der Waals surface area contributed by atoms with Gasteiger partial charge in [-0.3, -0.25) is 13.8 Å². The first kappa shape index (κ1) is 54.2. The molecule has 1 N–H and O–H groups in total. The highest BCUT2D eigenvalue weighted by atomic mass is 31.2. The maximum atomic E-state index is 12.7. The number of phosphoric acid groups is 1. The fourth-order valence-corrected chi connectivity index (χ4v) is 7.41. The third-order valence-electron chi connectivity index (χ3n) is 10.3. The number of rotatable bonds is 44. The number of carbonyl (C=O) groups excluding carboxylic acids is 1. The summed E-state index contributed by atoms with van der Waals surface area (Å²) >= 11 is 0. The molecule has 2 unspecified atom stereocenters. The molecule has 0 radical (unpaired) electrons. The lowest BCUT2D eigenvalue weighted by molar-refractivity contribution is -0.870. The number of likely N-dealkylation sites (N-methyl/N-ethyl adjacent to an activating group) is 1. The van der Waals surface area contributed by atoms with Crippen LogP contribution in [0, 0.1) is 0 Å². The van der Waals surface area contributed by atoms with E-state index in [1.54, 1.807) is 0 Å². The summed E-state index contributed by atoms with van der Waals surface area (Å²) in [6.07, 6.45) is 43.8. The number of hydrogen-bond acceptors (Lipinski definition) is 6. The van der Waals surface area contributed by atoms with E-state index in [1.807, 2.05) is 21.1 Å². The molecule has 0 aromatic heterocycles. The van der Waals surface area contributed by atoms with E-state index in [9.17, 15) is 14.3 Å². The molecule has 55 heavy (non-hydrogen) atoms. The maximum absolute atomic E-state index is 12.7. The molecule has 8 nitrogen and oxygen atoms in total. The number of ether oxygens (including phenoxy) is 2. The van der Waals surface area contributed by atoms with Gasteiger partial charge >= 0.3 is 13.8 Å². The van der Waals surface area contributed by atoms with Crippen molar-refractivity contribution in [3.05, 3.63) is 12.2 Å². The van der Waals surface area contributed by atoms with Gasteiger partial charge in [0.1, 0.15) is 19.3 Å². The molecule has 9 heteroatoms. The first-order valence-electron chi connectivity index (χ1n) is 23.4. The lowest BCUT2D eigenvalue weighted by Crippen LogP contribution is -2.37. The highest BCUT2D eigenvalue weighted by molar-refractivity contribution is 7.47. The molecule has 0 spiro atoms. The summed E-state index contributed by atoms with van der Waals surface area (Å²) in [4.78, 5) is 22.9. The minimum Gasteiger partial charge on any atom is -0.457 e. The van der Waals surface area contributed by atoms with Gasteiger partial charge in [-0.15, -0.1) is 0 Å². The lowest BCUT2D eigenvalue weighted by Gasteiger charge is -2.24. The molecule has 0 aromatic carbocycles. The van der Waals surface area contributed by atoms with Crippen molar-refractivity contribution in [2.24, 2.45) is 0 Å². The molecule has 0 heterocycles. The van der Waals surface area contributed by atoms with Gasteiger partial charge < -0.3 is 18.9 Å². The first-order chi connectivity index (χ1) is 26.6. The number of carbonyl (C=O) groups is 1. The Labute approximate surface area is 341 Å².